The second-order valence-electron chi connectivity index (χ2n) is 13.2. The molecule has 1 amide bonds. The monoisotopic (exact) mass is 624 g/mol. The van der Waals surface area contributed by atoms with Crippen molar-refractivity contribution in [1.82, 2.24) is 5.32 Å². The molecular formula is C28H48N2O6SSi3. The first-order chi connectivity index (χ1) is 18.1. The summed E-state index contributed by atoms with van der Waals surface area (Å²) in [7, 11) is -5.59. The van der Waals surface area contributed by atoms with Crippen molar-refractivity contribution in [2.24, 2.45) is 0 Å². The third-order valence-electron chi connectivity index (χ3n) is 6.13. The van der Waals surface area contributed by atoms with Crippen molar-refractivity contribution in [2.75, 3.05) is 27.0 Å². The predicted molar refractivity (Wildman–Crippen MR) is 173 cm³/mol. The molecule has 0 heterocycles. The molecule has 0 bridgehead atoms. The highest BCUT2D eigenvalue weighted by molar-refractivity contribution is 8.29. The molecule has 0 aliphatic heterocycles. The summed E-state index contributed by atoms with van der Waals surface area (Å²) >= 11 is 0. The fraction of sp³-hybridized carbons (Fsp3) is 0.571. The zero-order valence-electron chi connectivity index (χ0n) is 26.6. The van der Waals surface area contributed by atoms with E-state index >= 15 is 0 Å². The quantitative estimate of drug-likeness (QED) is 0.152. The number of ether oxygens (including phenoxy) is 2. The van der Waals surface area contributed by atoms with Crippen LogP contribution in [0.15, 0.2) is 29.2 Å². The van der Waals surface area contributed by atoms with Crippen LogP contribution in [0.4, 0.5) is 0 Å². The van der Waals surface area contributed by atoms with Crippen LogP contribution in [0, 0.1) is 11.3 Å². The third kappa shape index (κ3) is 8.58. The molecule has 0 fully saturated rings. The van der Waals surface area contributed by atoms with Gasteiger partial charge in [0.15, 0.2) is 19.8 Å². The van der Waals surface area contributed by atoms with Gasteiger partial charge < -0.3 is 22.8 Å². The van der Waals surface area contributed by atoms with Crippen LogP contribution in [-0.4, -0.2) is 58.1 Å². The Labute approximate surface area is 246 Å². The number of benzene rings is 1. The van der Waals surface area contributed by atoms with Crippen LogP contribution in [0.25, 0.3) is 5.57 Å². The average molecular weight is 625 g/mol. The molecule has 0 spiro atoms. The maximum Gasteiger partial charge on any atom is 0.346 e. The second-order valence-corrected chi connectivity index (χ2v) is 28.7. The van der Waals surface area contributed by atoms with Crippen molar-refractivity contribution in [1.29, 1.82) is 5.26 Å². The van der Waals surface area contributed by atoms with Gasteiger partial charge in [-0.15, -0.1) is 0 Å². The Kier molecular flexibility index (Phi) is 10.4. The van der Waals surface area contributed by atoms with Gasteiger partial charge in [0.1, 0.15) is 11.6 Å². The molecule has 40 heavy (non-hydrogen) atoms. The topological polar surface area (TPSA) is 99.0 Å². The summed E-state index contributed by atoms with van der Waals surface area (Å²) in [5, 5.41) is 13.1. The molecule has 0 aromatic heterocycles. The molecule has 0 saturated carbocycles. The van der Waals surface area contributed by atoms with E-state index in [1.807, 2.05) is 31.5 Å². The predicted octanol–water partition coefficient (Wildman–Crippen LogP) is 6.98. The van der Waals surface area contributed by atoms with Gasteiger partial charge in [0.2, 0.25) is 8.32 Å². The van der Waals surface area contributed by atoms with Crippen molar-refractivity contribution >= 4 is 47.3 Å². The van der Waals surface area contributed by atoms with E-state index in [2.05, 4.69) is 71.1 Å². The lowest BCUT2D eigenvalue weighted by molar-refractivity contribution is -0.116. The number of allylic oxidation sites excluding steroid dienone is 1. The van der Waals surface area contributed by atoms with Crippen molar-refractivity contribution in [3.05, 3.63) is 40.3 Å². The summed E-state index contributed by atoms with van der Waals surface area (Å²) in [6.07, 6.45) is 2.47. The maximum absolute atomic E-state index is 13.5. The van der Waals surface area contributed by atoms with Crippen LogP contribution in [0.2, 0.25) is 52.4 Å². The Morgan fingerprint density at radius 3 is 2.05 bits per heavy atom. The highest BCUT2D eigenvalue weighted by Gasteiger charge is 2.41. The molecule has 0 radical (unpaired) electrons. The lowest BCUT2D eigenvalue weighted by atomic mass is 9.86. The molecule has 1 atom stereocenters. The van der Waals surface area contributed by atoms with E-state index in [4.69, 9.17) is 21.3 Å². The van der Waals surface area contributed by atoms with Crippen molar-refractivity contribution in [2.45, 2.75) is 78.1 Å². The number of carbonyl (C=O) groups is 1. The minimum Gasteiger partial charge on any atom is -0.493 e. The van der Waals surface area contributed by atoms with E-state index in [1.165, 1.54) is 0 Å². The van der Waals surface area contributed by atoms with E-state index < -0.39 is 41.7 Å². The summed E-state index contributed by atoms with van der Waals surface area (Å²) in [4.78, 5) is 14.1. The van der Waals surface area contributed by atoms with E-state index in [1.54, 1.807) is 14.2 Å². The number of hydrogen-bond donors (Lipinski definition) is 1. The molecule has 1 aromatic rings. The largest absolute Gasteiger partial charge is 0.493 e. The standard InChI is InChI=1S/C28H48N2O6SSi3/c1-20(37(6,34-38(7,8)9)35-40(13,14)36-39(10,11)12)19-30-27(31)23(18-29)22-17-28(2,3)24-16-26(33-5)25(32-4)15-21(22)24/h15-16H,1,17,19H2,2-14H3,(H,30,31). The molecule has 0 saturated heterocycles. The fourth-order valence-electron chi connectivity index (χ4n) is 4.95. The Hall–Kier alpha value is -1.86. The van der Waals surface area contributed by atoms with E-state index in [0.717, 1.165) is 11.1 Å². The van der Waals surface area contributed by atoms with Gasteiger partial charge in [-0.1, -0.05) is 20.4 Å². The molecule has 12 heteroatoms. The van der Waals surface area contributed by atoms with E-state index in [0.29, 0.717) is 28.4 Å². The maximum atomic E-state index is 13.5. The van der Waals surface area contributed by atoms with Crippen LogP contribution in [0.1, 0.15) is 31.4 Å². The SMILES string of the molecule is C=C(CNC(=O)C(C#N)=C1CC(C)(C)c2cc(OC)c(OC)cc21)S(C)(O[Si](C)(C)C)O[Si](C)(C)O[Si](C)(C)C. The molecule has 2 rings (SSSR count). The molecular weight excluding hydrogens is 577 g/mol. The molecule has 1 aliphatic rings. The van der Waals surface area contributed by atoms with Crippen LogP contribution < -0.4 is 14.8 Å². The summed E-state index contributed by atoms with van der Waals surface area (Å²) in [6.45, 7) is 25.3. The third-order valence-corrected chi connectivity index (χ3v) is 17.9. The highest BCUT2D eigenvalue weighted by Crippen LogP contribution is 2.57. The van der Waals surface area contributed by atoms with Gasteiger partial charge in [-0.2, -0.15) is 15.9 Å². The molecule has 1 N–H and O–H groups in total. The number of fused-ring (bicyclic) bond motifs is 1. The van der Waals surface area contributed by atoms with Crippen LogP contribution in [0.3, 0.4) is 0 Å². The lowest BCUT2D eigenvalue weighted by Crippen LogP contribution is -2.46. The molecule has 1 aromatic carbocycles. The molecule has 1 aliphatic carbocycles. The number of amides is 1. The second kappa shape index (κ2) is 12.2. The first-order valence-electron chi connectivity index (χ1n) is 13.3. The summed E-state index contributed by atoms with van der Waals surface area (Å²) in [5.41, 5.74) is 2.31. The fourth-order valence-corrected chi connectivity index (χ4v) is 19.9. The van der Waals surface area contributed by atoms with Gasteiger partial charge in [0.05, 0.1) is 20.8 Å². The molecule has 1 unspecified atom stereocenters. The van der Waals surface area contributed by atoms with E-state index in [9.17, 15) is 10.1 Å². The van der Waals surface area contributed by atoms with Gasteiger partial charge in [-0.25, -0.2) is 0 Å². The Bertz CT molecular complexity index is 1230. The molecule has 8 nitrogen and oxygen atoms in total. The lowest BCUT2D eigenvalue weighted by Gasteiger charge is -2.49. The number of hydrogen-bond acceptors (Lipinski definition) is 7. The zero-order valence-corrected chi connectivity index (χ0v) is 30.4. The highest BCUT2D eigenvalue weighted by atomic mass is 32.3. The first-order valence-corrected chi connectivity index (χ1v) is 24.9. The average Bonchev–Trinajstić information content (AvgIpc) is 3.03. The summed E-state index contributed by atoms with van der Waals surface area (Å²) < 4.78 is 30.7. The zero-order chi connectivity index (χ0) is 30.9. The van der Waals surface area contributed by atoms with Gasteiger partial charge in [0.25, 0.3) is 5.91 Å². The number of nitrogens with zero attached hydrogens (tertiary/aromatic N) is 1. The van der Waals surface area contributed by atoms with Gasteiger partial charge >= 0.3 is 8.56 Å². The molecule has 224 valence electrons. The minimum absolute atomic E-state index is 0.0763. The number of nitrogens with one attached hydrogen (secondary N) is 1. The summed E-state index contributed by atoms with van der Waals surface area (Å²) in [6, 6.07) is 5.95. The van der Waals surface area contributed by atoms with Crippen LogP contribution in [-0.2, 0) is 22.1 Å². The summed E-state index contributed by atoms with van der Waals surface area (Å²) in [5.74, 6) is 0.709. The number of rotatable bonds is 12. The van der Waals surface area contributed by atoms with Crippen molar-refractivity contribution in [3.63, 3.8) is 0 Å². The normalized spacial score (nSPS) is 18.6. The van der Waals surface area contributed by atoms with Gasteiger partial charge in [0, 0.05) is 11.2 Å². The number of methoxy groups -OCH3 is 2. The Morgan fingerprint density at radius 2 is 1.57 bits per heavy atom. The number of carbonyl (C=O) groups excluding carboxylic acids is 1. The van der Waals surface area contributed by atoms with Crippen LogP contribution >= 0.6 is 10.6 Å². The van der Waals surface area contributed by atoms with Crippen molar-refractivity contribution in [3.8, 4) is 17.6 Å². The Morgan fingerprint density at radius 1 is 1.02 bits per heavy atom. The smallest absolute Gasteiger partial charge is 0.346 e. The van der Waals surface area contributed by atoms with Crippen molar-refractivity contribution < 1.29 is 26.1 Å². The first kappa shape index (κ1) is 34.3. The van der Waals surface area contributed by atoms with Gasteiger partial charge in [-0.3, -0.25) is 8.67 Å². The minimum atomic E-state index is -2.58. The van der Waals surface area contributed by atoms with E-state index in [-0.39, 0.29) is 17.5 Å². The number of nitriles is 1. The van der Waals surface area contributed by atoms with Crippen LogP contribution in [0.5, 0.6) is 11.5 Å². The Balaban J connectivity index is 2.39. The van der Waals surface area contributed by atoms with Gasteiger partial charge in [-0.05, 0) is 93.0 Å².